The second-order valence-electron chi connectivity index (χ2n) is 9.50. The van der Waals surface area contributed by atoms with Crippen LogP contribution in [0.5, 0.6) is 0 Å². The molecule has 6 heteroatoms. The van der Waals surface area contributed by atoms with Crippen LogP contribution in [0.3, 0.4) is 0 Å². The molecule has 4 saturated carbocycles. The Kier molecular flexibility index (Phi) is 4.23. The lowest BCUT2D eigenvalue weighted by atomic mass is 9.48. The maximum absolute atomic E-state index is 12.8. The summed E-state index contributed by atoms with van der Waals surface area (Å²) in [5.74, 6) is 3.09. The Hall–Kier alpha value is -1.33. The summed E-state index contributed by atoms with van der Waals surface area (Å²) < 4.78 is 28.4. The molecular weight excluding hydrogens is 392 g/mol. The Balaban J connectivity index is 1.49. The minimum absolute atomic E-state index is 0.137. The van der Waals surface area contributed by atoms with Crippen molar-refractivity contribution in [1.29, 1.82) is 0 Å². The highest BCUT2D eigenvalue weighted by atomic mass is 35.5. The van der Waals surface area contributed by atoms with Gasteiger partial charge in [0, 0.05) is 10.6 Å². The zero-order valence-corrected chi connectivity index (χ0v) is 18.0. The Morgan fingerprint density at radius 3 is 2.14 bits per heavy atom. The molecule has 1 atom stereocenters. The molecule has 0 saturated heterocycles. The summed E-state index contributed by atoms with van der Waals surface area (Å²) in [6.07, 6.45) is 7.97. The molecule has 1 aliphatic heterocycles. The van der Waals surface area contributed by atoms with Gasteiger partial charge in [0.15, 0.2) is 0 Å². The molecule has 1 N–H and O–H groups in total. The number of hydrogen-bond acceptors (Lipinski definition) is 3. The van der Waals surface area contributed by atoms with Crippen LogP contribution >= 0.6 is 11.6 Å². The molecule has 28 heavy (non-hydrogen) atoms. The number of rotatable bonds is 3. The van der Waals surface area contributed by atoms with E-state index in [9.17, 15) is 8.42 Å². The largest absolute Gasteiger partial charge is 0.264 e. The van der Waals surface area contributed by atoms with Gasteiger partial charge in [0.25, 0.3) is 10.0 Å². The first kappa shape index (κ1) is 18.7. The number of nitrogens with zero attached hydrogens (tertiary/aromatic N) is 1. The molecule has 150 valence electrons. The normalized spacial score (nSPS) is 38.1. The minimum Gasteiger partial charge on any atom is -0.264 e. The number of hydrogen-bond donors (Lipinski definition) is 1. The molecule has 6 rings (SSSR count). The molecule has 4 fully saturated rings. The molecule has 5 aliphatic rings. The molecule has 4 nitrogen and oxygen atoms in total. The van der Waals surface area contributed by atoms with Crippen LogP contribution in [-0.4, -0.2) is 20.3 Å². The van der Waals surface area contributed by atoms with Gasteiger partial charge < -0.3 is 0 Å². The lowest BCUT2D eigenvalue weighted by Crippen LogP contribution is -2.50. The first-order chi connectivity index (χ1) is 13.3. The van der Waals surface area contributed by atoms with Crippen molar-refractivity contribution in [2.45, 2.75) is 58.4 Å². The van der Waals surface area contributed by atoms with Gasteiger partial charge in [-0.1, -0.05) is 23.7 Å². The van der Waals surface area contributed by atoms with E-state index in [1.165, 1.54) is 38.5 Å². The fourth-order valence-electron chi connectivity index (χ4n) is 6.68. The Morgan fingerprint density at radius 1 is 1.07 bits per heavy atom. The molecule has 0 amide bonds. The van der Waals surface area contributed by atoms with Crippen molar-refractivity contribution in [3.05, 3.63) is 40.4 Å². The predicted molar refractivity (Wildman–Crippen MR) is 114 cm³/mol. The van der Waals surface area contributed by atoms with Crippen LogP contribution < -0.4 is 4.72 Å². The summed E-state index contributed by atoms with van der Waals surface area (Å²) in [6, 6.07) is 7.09. The summed E-state index contributed by atoms with van der Waals surface area (Å²) >= 11 is 5.97. The number of sulfonamides is 1. The molecule has 0 radical (unpaired) electrons. The lowest BCUT2D eigenvalue weighted by molar-refractivity contribution is -0.0633. The van der Waals surface area contributed by atoms with Crippen molar-refractivity contribution in [1.82, 2.24) is 4.72 Å². The van der Waals surface area contributed by atoms with Gasteiger partial charge in [-0.2, -0.15) is 0 Å². The zero-order valence-electron chi connectivity index (χ0n) is 16.4. The molecule has 1 aromatic carbocycles. The van der Waals surface area contributed by atoms with Gasteiger partial charge in [0.1, 0.15) is 10.7 Å². The van der Waals surface area contributed by atoms with Crippen LogP contribution in [-0.2, 0) is 10.0 Å². The highest BCUT2D eigenvalue weighted by Crippen LogP contribution is 2.61. The van der Waals surface area contributed by atoms with Gasteiger partial charge in [-0.05, 0) is 93.2 Å². The van der Waals surface area contributed by atoms with Crippen molar-refractivity contribution in [3.63, 3.8) is 0 Å². The maximum atomic E-state index is 12.8. The quantitative estimate of drug-likeness (QED) is 0.750. The van der Waals surface area contributed by atoms with Crippen molar-refractivity contribution >= 4 is 32.4 Å². The summed E-state index contributed by atoms with van der Waals surface area (Å²) in [5, 5.41) is 0.592. The highest BCUT2D eigenvalue weighted by molar-refractivity contribution is 8.00. The van der Waals surface area contributed by atoms with Gasteiger partial charge in [-0.25, -0.2) is 8.42 Å². The highest BCUT2D eigenvalue weighted by Gasteiger charge is 2.53. The van der Waals surface area contributed by atoms with E-state index in [-0.39, 0.29) is 11.5 Å². The van der Waals surface area contributed by atoms with E-state index in [1.807, 2.05) is 6.92 Å². The van der Waals surface area contributed by atoms with Crippen molar-refractivity contribution in [3.8, 4) is 0 Å². The van der Waals surface area contributed by atoms with Crippen LogP contribution in [0.15, 0.2) is 34.8 Å². The molecule has 0 aromatic heterocycles. The van der Waals surface area contributed by atoms with Crippen LogP contribution in [0.25, 0.3) is 4.91 Å². The van der Waals surface area contributed by atoms with E-state index in [0.29, 0.717) is 26.9 Å². The van der Waals surface area contributed by atoms with Gasteiger partial charge in [0.05, 0.1) is 6.04 Å². The molecule has 4 aliphatic carbocycles. The third-order valence-corrected chi connectivity index (χ3v) is 9.39. The first-order valence-electron chi connectivity index (χ1n) is 10.3. The lowest BCUT2D eigenvalue weighted by Gasteiger charge is -2.58. The Labute approximate surface area is 172 Å². The minimum atomic E-state index is -3.60. The van der Waals surface area contributed by atoms with E-state index in [0.717, 1.165) is 17.8 Å². The van der Waals surface area contributed by atoms with Gasteiger partial charge in [-0.15, -0.1) is 0 Å². The van der Waals surface area contributed by atoms with E-state index in [4.69, 9.17) is 16.6 Å². The van der Waals surface area contributed by atoms with Gasteiger partial charge in [-0.3, -0.25) is 9.71 Å². The Bertz CT molecular complexity index is 943. The zero-order chi connectivity index (χ0) is 19.7. The monoisotopic (exact) mass is 418 g/mol. The predicted octanol–water partition coefficient (Wildman–Crippen LogP) is 5.01. The average molecular weight is 419 g/mol. The number of benzene rings is 1. The molecule has 1 heterocycles. The molecule has 0 spiro atoms. The Morgan fingerprint density at radius 2 is 1.61 bits per heavy atom. The van der Waals surface area contributed by atoms with E-state index >= 15 is 0 Å². The number of amidine groups is 1. The fraction of sp³-hybridized carbons (Fsp3) is 0.591. The van der Waals surface area contributed by atoms with Crippen molar-refractivity contribution in [2.75, 3.05) is 0 Å². The van der Waals surface area contributed by atoms with Crippen LogP contribution in [0.2, 0.25) is 5.02 Å². The van der Waals surface area contributed by atoms with E-state index in [1.54, 1.807) is 24.3 Å². The summed E-state index contributed by atoms with van der Waals surface area (Å²) in [7, 11) is -3.60. The van der Waals surface area contributed by atoms with Crippen LogP contribution in [0.1, 0.15) is 57.9 Å². The molecule has 1 aromatic rings. The number of nitrogens with one attached hydrogen (secondary N) is 1. The number of halogens is 1. The van der Waals surface area contributed by atoms with Crippen LogP contribution in [0, 0.1) is 23.2 Å². The standard InChI is InChI=1S/C22H27ClN2O2S/c1-13-20(18-3-5-19(23)6-4-18)28(26,27)25-21(13)24-14(2)22-10-15-7-16(11-22)9-17(8-15)12-22/h3-6,14-17H,7-12H2,1-2H3,(H,24,25)/t14-,15?,16?,17?,22?/m1/s1. The first-order valence-corrected chi connectivity index (χ1v) is 12.2. The van der Waals surface area contributed by atoms with Crippen molar-refractivity contribution in [2.24, 2.45) is 28.2 Å². The third kappa shape index (κ3) is 2.93. The van der Waals surface area contributed by atoms with E-state index in [2.05, 4.69) is 11.6 Å². The second kappa shape index (κ2) is 6.33. The van der Waals surface area contributed by atoms with E-state index < -0.39 is 10.0 Å². The SMILES string of the molecule is CC1=C(c2ccc(Cl)cc2)S(=O)(=O)NC1=N[C@H](C)C12CC3CC(CC(C3)C1)C2. The molecule has 0 unspecified atom stereocenters. The maximum Gasteiger partial charge on any atom is 0.264 e. The molecule has 4 bridgehead atoms. The fourth-order valence-corrected chi connectivity index (χ4v) is 8.31. The van der Waals surface area contributed by atoms with Gasteiger partial charge in [0.2, 0.25) is 0 Å². The van der Waals surface area contributed by atoms with Crippen molar-refractivity contribution < 1.29 is 8.42 Å². The topological polar surface area (TPSA) is 58.5 Å². The van der Waals surface area contributed by atoms with Gasteiger partial charge >= 0.3 is 0 Å². The van der Waals surface area contributed by atoms with Crippen LogP contribution in [0.4, 0.5) is 0 Å². The summed E-state index contributed by atoms with van der Waals surface area (Å²) in [5.41, 5.74) is 1.62. The average Bonchev–Trinajstić information content (AvgIpc) is 2.83. The second-order valence-corrected chi connectivity index (χ2v) is 11.6. The summed E-state index contributed by atoms with van der Waals surface area (Å²) in [4.78, 5) is 5.30. The third-order valence-electron chi connectivity index (χ3n) is 7.60. The number of aliphatic imine (C=N–C) groups is 1. The smallest absolute Gasteiger partial charge is 0.264 e. The summed E-state index contributed by atoms with van der Waals surface area (Å²) in [6.45, 7) is 4.05. The molecular formula is C22H27ClN2O2S.